The highest BCUT2D eigenvalue weighted by Crippen LogP contribution is 2.36. The van der Waals surface area contributed by atoms with Crippen LogP contribution in [0.4, 0.5) is 4.39 Å². The molecule has 0 spiro atoms. The van der Waals surface area contributed by atoms with Crippen molar-refractivity contribution >= 4 is 0 Å². The van der Waals surface area contributed by atoms with E-state index in [-0.39, 0.29) is 11.9 Å². The fourth-order valence-electron chi connectivity index (χ4n) is 3.41. The number of methoxy groups -OCH3 is 1. The highest BCUT2D eigenvalue weighted by Gasteiger charge is 2.34. The van der Waals surface area contributed by atoms with E-state index in [4.69, 9.17) is 9.15 Å². The molecule has 1 aliphatic carbocycles. The van der Waals surface area contributed by atoms with Crippen LogP contribution in [0.5, 0.6) is 5.75 Å². The Morgan fingerprint density at radius 1 is 1.19 bits per heavy atom. The fraction of sp³-hybridized carbons (Fsp3) is 0.318. The van der Waals surface area contributed by atoms with E-state index in [0.29, 0.717) is 18.5 Å². The molecule has 0 aliphatic heterocycles. The van der Waals surface area contributed by atoms with Crippen LogP contribution in [0.15, 0.2) is 59.2 Å². The summed E-state index contributed by atoms with van der Waals surface area (Å²) >= 11 is 0. The summed E-state index contributed by atoms with van der Waals surface area (Å²) in [5.41, 5.74) is 2.49. The Morgan fingerprint density at radius 3 is 2.59 bits per heavy atom. The van der Waals surface area contributed by atoms with Crippen molar-refractivity contribution in [3.05, 3.63) is 71.9 Å². The summed E-state index contributed by atoms with van der Waals surface area (Å²) in [6.45, 7) is 2.70. The number of hydrogen-bond acceptors (Lipinski definition) is 4. The standard InChI is InChI=1S/C22H23FN2O2/c1-15(20-5-3-4-6-21(20)23)25(18-9-10-18)13-17-14-27-22(24-17)16-7-11-19(26-2)12-8-16/h3-8,11-12,14-15,18H,9-10,13H2,1-2H3. The molecule has 4 nitrogen and oxygen atoms in total. The van der Waals surface area contributed by atoms with Gasteiger partial charge in [0.15, 0.2) is 0 Å². The summed E-state index contributed by atoms with van der Waals surface area (Å²) in [5, 5.41) is 0. The molecule has 0 amide bonds. The second kappa shape index (κ2) is 7.53. The van der Waals surface area contributed by atoms with Crippen molar-refractivity contribution in [2.45, 2.75) is 38.4 Å². The van der Waals surface area contributed by atoms with Gasteiger partial charge in [0.2, 0.25) is 5.89 Å². The van der Waals surface area contributed by atoms with E-state index in [1.165, 1.54) is 6.07 Å². The first-order valence-corrected chi connectivity index (χ1v) is 9.24. The third kappa shape index (κ3) is 3.88. The summed E-state index contributed by atoms with van der Waals surface area (Å²) < 4.78 is 25.1. The minimum Gasteiger partial charge on any atom is -0.497 e. The van der Waals surface area contributed by atoms with Gasteiger partial charge in [0.1, 0.15) is 17.8 Å². The van der Waals surface area contributed by atoms with Gasteiger partial charge >= 0.3 is 0 Å². The van der Waals surface area contributed by atoms with Crippen LogP contribution in [0.2, 0.25) is 0 Å². The van der Waals surface area contributed by atoms with E-state index in [1.807, 2.05) is 36.4 Å². The maximum Gasteiger partial charge on any atom is 0.226 e. The number of benzene rings is 2. The van der Waals surface area contributed by atoms with Crippen molar-refractivity contribution in [2.75, 3.05) is 7.11 Å². The minimum atomic E-state index is -0.158. The zero-order valence-electron chi connectivity index (χ0n) is 15.6. The minimum absolute atomic E-state index is 0.0140. The zero-order valence-corrected chi connectivity index (χ0v) is 15.6. The maximum atomic E-state index is 14.2. The highest BCUT2D eigenvalue weighted by molar-refractivity contribution is 5.54. The molecular weight excluding hydrogens is 343 g/mol. The molecular formula is C22H23FN2O2. The number of ether oxygens (including phenoxy) is 1. The molecule has 0 saturated heterocycles. The number of oxazole rings is 1. The molecule has 140 valence electrons. The van der Waals surface area contributed by atoms with E-state index < -0.39 is 0 Å². The smallest absolute Gasteiger partial charge is 0.226 e. The van der Waals surface area contributed by atoms with Gasteiger partial charge in [-0.05, 0) is 50.1 Å². The van der Waals surface area contributed by atoms with Gasteiger partial charge in [0, 0.05) is 29.8 Å². The first kappa shape index (κ1) is 17.7. The van der Waals surface area contributed by atoms with E-state index in [1.54, 1.807) is 19.4 Å². The third-order valence-corrected chi connectivity index (χ3v) is 5.10. The number of hydrogen-bond donors (Lipinski definition) is 0. The summed E-state index contributed by atoms with van der Waals surface area (Å²) in [7, 11) is 1.64. The van der Waals surface area contributed by atoms with E-state index in [2.05, 4.69) is 16.8 Å². The summed E-state index contributed by atoms with van der Waals surface area (Å²) in [4.78, 5) is 6.96. The second-order valence-corrected chi connectivity index (χ2v) is 6.97. The summed E-state index contributed by atoms with van der Waals surface area (Å²) in [6, 6.07) is 15.1. The average molecular weight is 366 g/mol. The molecule has 0 N–H and O–H groups in total. The zero-order chi connectivity index (χ0) is 18.8. The predicted octanol–water partition coefficient (Wildman–Crippen LogP) is 5.21. The van der Waals surface area contributed by atoms with Crippen molar-refractivity contribution in [3.63, 3.8) is 0 Å². The third-order valence-electron chi connectivity index (χ3n) is 5.10. The molecule has 3 aromatic rings. The van der Waals surface area contributed by atoms with Gasteiger partial charge in [-0.15, -0.1) is 0 Å². The lowest BCUT2D eigenvalue weighted by molar-refractivity contribution is 0.184. The Hall–Kier alpha value is -2.66. The van der Waals surface area contributed by atoms with Crippen LogP contribution in [0.25, 0.3) is 11.5 Å². The van der Waals surface area contributed by atoms with Gasteiger partial charge in [-0.2, -0.15) is 0 Å². The van der Waals surface area contributed by atoms with Crippen molar-refractivity contribution in [1.29, 1.82) is 0 Å². The number of rotatable bonds is 7. The SMILES string of the molecule is COc1ccc(-c2nc(CN(C3CC3)C(C)c3ccccc3F)co2)cc1. The van der Waals surface area contributed by atoms with Crippen LogP contribution in [-0.2, 0) is 6.54 Å². The molecule has 2 aromatic carbocycles. The average Bonchev–Trinajstić information content (AvgIpc) is 3.44. The number of halogens is 1. The molecule has 1 atom stereocenters. The highest BCUT2D eigenvalue weighted by atomic mass is 19.1. The van der Waals surface area contributed by atoms with Crippen LogP contribution in [0.1, 0.15) is 37.1 Å². The monoisotopic (exact) mass is 366 g/mol. The van der Waals surface area contributed by atoms with Gasteiger partial charge in [-0.25, -0.2) is 9.37 Å². The fourth-order valence-corrected chi connectivity index (χ4v) is 3.41. The first-order chi connectivity index (χ1) is 13.2. The normalized spacial score (nSPS) is 15.1. The van der Waals surface area contributed by atoms with Gasteiger partial charge in [-0.3, -0.25) is 4.90 Å². The molecule has 1 unspecified atom stereocenters. The van der Waals surface area contributed by atoms with Crippen molar-refractivity contribution in [2.24, 2.45) is 0 Å². The molecule has 1 aromatic heterocycles. The van der Waals surface area contributed by atoms with Gasteiger partial charge in [0.25, 0.3) is 0 Å². The van der Waals surface area contributed by atoms with E-state index >= 15 is 0 Å². The number of aromatic nitrogens is 1. The first-order valence-electron chi connectivity index (χ1n) is 9.24. The van der Waals surface area contributed by atoms with Crippen molar-refractivity contribution in [3.8, 4) is 17.2 Å². The van der Waals surface area contributed by atoms with Crippen molar-refractivity contribution in [1.82, 2.24) is 9.88 Å². The Labute approximate surface area is 158 Å². The lowest BCUT2D eigenvalue weighted by atomic mass is 10.1. The molecule has 1 heterocycles. The molecule has 27 heavy (non-hydrogen) atoms. The molecule has 0 radical (unpaired) electrons. The molecule has 1 fully saturated rings. The van der Waals surface area contributed by atoms with Crippen molar-refractivity contribution < 1.29 is 13.5 Å². The molecule has 1 aliphatic rings. The lowest BCUT2D eigenvalue weighted by Crippen LogP contribution is -2.29. The topological polar surface area (TPSA) is 38.5 Å². The molecule has 0 bridgehead atoms. The molecule has 4 rings (SSSR count). The van der Waals surface area contributed by atoms with E-state index in [9.17, 15) is 4.39 Å². The Bertz CT molecular complexity index is 903. The molecule has 5 heteroatoms. The van der Waals surface area contributed by atoms with Gasteiger partial charge in [0.05, 0.1) is 12.8 Å². The summed E-state index contributed by atoms with van der Waals surface area (Å²) in [6.07, 6.45) is 3.98. The lowest BCUT2D eigenvalue weighted by Gasteiger charge is -2.28. The van der Waals surface area contributed by atoms with Crippen LogP contribution in [0, 0.1) is 5.82 Å². The predicted molar refractivity (Wildman–Crippen MR) is 102 cm³/mol. The van der Waals surface area contributed by atoms with Crippen LogP contribution < -0.4 is 4.74 Å². The number of nitrogens with zero attached hydrogens (tertiary/aromatic N) is 2. The Morgan fingerprint density at radius 2 is 1.93 bits per heavy atom. The Balaban J connectivity index is 1.53. The Kier molecular flexibility index (Phi) is 4.94. The maximum absolute atomic E-state index is 14.2. The van der Waals surface area contributed by atoms with Gasteiger partial charge in [-0.1, -0.05) is 18.2 Å². The summed E-state index contributed by atoms with van der Waals surface area (Å²) in [5.74, 6) is 1.22. The van der Waals surface area contributed by atoms with Crippen LogP contribution in [-0.4, -0.2) is 23.0 Å². The largest absolute Gasteiger partial charge is 0.497 e. The van der Waals surface area contributed by atoms with Crippen LogP contribution in [0.3, 0.4) is 0 Å². The molecule has 1 saturated carbocycles. The quantitative estimate of drug-likeness (QED) is 0.575. The second-order valence-electron chi connectivity index (χ2n) is 6.97. The van der Waals surface area contributed by atoms with E-state index in [0.717, 1.165) is 35.4 Å². The van der Waals surface area contributed by atoms with Crippen LogP contribution >= 0.6 is 0 Å². The van der Waals surface area contributed by atoms with Gasteiger partial charge < -0.3 is 9.15 Å².